The summed E-state index contributed by atoms with van der Waals surface area (Å²) in [5.41, 5.74) is 7.77. The Morgan fingerprint density at radius 1 is 1.43 bits per heavy atom. The van der Waals surface area contributed by atoms with Crippen molar-refractivity contribution in [3.05, 3.63) is 18.1 Å². The summed E-state index contributed by atoms with van der Waals surface area (Å²) < 4.78 is 3.37. The van der Waals surface area contributed by atoms with E-state index in [2.05, 4.69) is 25.4 Å². The van der Waals surface area contributed by atoms with E-state index in [1.54, 1.807) is 15.6 Å². The summed E-state index contributed by atoms with van der Waals surface area (Å²) in [6.45, 7) is 5.67. The molecule has 3 aromatic rings. The molecule has 0 aromatic carbocycles. The maximum absolute atomic E-state index is 12.6. The molecule has 0 saturated carbocycles. The van der Waals surface area contributed by atoms with E-state index in [4.69, 9.17) is 5.73 Å². The van der Waals surface area contributed by atoms with E-state index in [0.717, 1.165) is 5.69 Å². The quantitative estimate of drug-likeness (QED) is 0.563. The molecular formula is C17H23N9O2. The third-order valence-corrected chi connectivity index (χ3v) is 4.71. The Kier molecular flexibility index (Phi) is 4.59. The Morgan fingerprint density at radius 2 is 2.25 bits per heavy atom. The number of hydrogen-bond acceptors (Lipinski definition) is 8. The summed E-state index contributed by atoms with van der Waals surface area (Å²) in [5, 5.41) is 17.0. The second-order valence-electron chi connectivity index (χ2n) is 6.87. The molecule has 1 amide bonds. The average molecular weight is 385 g/mol. The van der Waals surface area contributed by atoms with Gasteiger partial charge < -0.3 is 25.6 Å². The lowest BCUT2D eigenvalue weighted by molar-refractivity contribution is -0.116. The Labute approximate surface area is 161 Å². The van der Waals surface area contributed by atoms with Crippen molar-refractivity contribution in [2.75, 3.05) is 29.0 Å². The lowest BCUT2D eigenvalue weighted by Gasteiger charge is -2.17. The fraction of sp³-hybridized carbons (Fsp3) is 0.471. The largest absolute Gasteiger partial charge is 0.391 e. The van der Waals surface area contributed by atoms with Crippen molar-refractivity contribution in [1.29, 1.82) is 0 Å². The second-order valence-corrected chi connectivity index (χ2v) is 6.87. The second kappa shape index (κ2) is 7.08. The highest BCUT2D eigenvalue weighted by atomic mass is 16.3. The molecule has 3 aromatic heterocycles. The van der Waals surface area contributed by atoms with Crippen LogP contribution in [-0.2, 0) is 17.9 Å². The number of fused-ring (bicyclic) bond motifs is 1. The monoisotopic (exact) mass is 385 g/mol. The van der Waals surface area contributed by atoms with E-state index in [0.29, 0.717) is 48.9 Å². The van der Waals surface area contributed by atoms with Crippen LogP contribution < -0.4 is 16.0 Å². The Balaban J connectivity index is 1.59. The van der Waals surface area contributed by atoms with Crippen LogP contribution in [0.25, 0.3) is 11.2 Å². The van der Waals surface area contributed by atoms with E-state index in [1.807, 2.05) is 24.8 Å². The molecule has 11 nitrogen and oxygen atoms in total. The Morgan fingerprint density at radius 3 is 2.96 bits per heavy atom. The number of aliphatic hydroxyl groups is 1. The maximum atomic E-state index is 12.6. The first-order valence-electron chi connectivity index (χ1n) is 9.20. The molecule has 1 atom stereocenters. The molecule has 1 unspecified atom stereocenters. The number of nitrogens with two attached hydrogens (primary N) is 1. The molecule has 11 heteroatoms. The van der Waals surface area contributed by atoms with Crippen molar-refractivity contribution in [3.63, 3.8) is 0 Å². The fourth-order valence-electron chi connectivity index (χ4n) is 3.44. The van der Waals surface area contributed by atoms with Gasteiger partial charge in [0.1, 0.15) is 12.4 Å². The Bertz CT molecular complexity index is 1030. The zero-order valence-electron chi connectivity index (χ0n) is 15.8. The van der Waals surface area contributed by atoms with Crippen LogP contribution in [0.1, 0.15) is 19.0 Å². The van der Waals surface area contributed by atoms with Crippen LogP contribution in [0.4, 0.5) is 17.6 Å². The van der Waals surface area contributed by atoms with Gasteiger partial charge in [0.25, 0.3) is 0 Å². The molecule has 0 aliphatic carbocycles. The number of nitrogens with one attached hydrogen (secondary N) is 1. The van der Waals surface area contributed by atoms with Crippen LogP contribution >= 0.6 is 0 Å². The lowest BCUT2D eigenvalue weighted by Crippen LogP contribution is -2.23. The number of aliphatic hydroxyl groups excluding tert-OH is 1. The first-order chi connectivity index (χ1) is 13.4. The van der Waals surface area contributed by atoms with Gasteiger partial charge in [0.15, 0.2) is 17.0 Å². The van der Waals surface area contributed by atoms with E-state index in [-0.39, 0.29) is 18.4 Å². The first-order valence-corrected chi connectivity index (χ1v) is 9.20. The van der Waals surface area contributed by atoms with Gasteiger partial charge in [-0.15, -0.1) is 0 Å². The van der Waals surface area contributed by atoms with Gasteiger partial charge in [-0.1, -0.05) is 0 Å². The highest BCUT2D eigenvalue weighted by Gasteiger charge is 2.25. The van der Waals surface area contributed by atoms with Gasteiger partial charge in [0.05, 0.1) is 18.1 Å². The topological polar surface area (TPSA) is 140 Å². The molecule has 4 rings (SSSR count). The number of imidazole rings is 1. The van der Waals surface area contributed by atoms with Crippen LogP contribution in [0.5, 0.6) is 0 Å². The summed E-state index contributed by atoms with van der Waals surface area (Å²) in [5.74, 6) is 1.11. The molecule has 0 radical (unpaired) electrons. The van der Waals surface area contributed by atoms with Gasteiger partial charge in [-0.05, 0) is 20.3 Å². The van der Waals surface area contributed by atoms with E-state index < -0.39 is 6.10 Å². The van der Waals surface area contributed by atoms with Crippen LogP contribution in [-0.4, -0.2) is 59.5 Å². The van der Waals surface area contributed by atoms with Gasteiger partial charge in [-0.3, -0.25) is 4.79 Å². The smallest absolute Gasteiger partial charge is 0.245 e. The summed E-state index contributed by atoms with van der Waals surface area (Å²) >= 11 is 0. The molecule has 0 bridgehead atoms. The van der Waals surface area contributed by atoms with E-state index in [1.165, 1.54) is 0 Å². The number of anilines is 3. The van der Waals surface area contributed by atoms with Crippen molar-refractivity contribution in [2.24, 2.45) is 0 Å². The molecule has 28 heavy (non-hydrogen) atoms. The van der Waals surface area contributed by atoms with Crippen molar-refractivity contribution >= 4 is 34.7 Å². The number of carbonyl (C=O) groups excluding carboxylic acids is 1. The molecule has 1 aliphatic rings. The molecule has 0 spiro atoms. The van der Waals surface area contributed by atoms with Gasteiger partial charge in [-0.25, -0.2) is 9.67 Å². The standard InChI is InChI=1S/C17H23N9O2/c1-3-26-12(6-10(2)23-26)20-13(28)8-25-9-19-14-15(21-17(18)22-16(14)25)24-5-4-11(27)7-24/h6,9,11,27H,3-5,7-8H2,1-2H3,(H,20,28)(H2,18,21,22). The van der Waals surface area contributed by atoms with Crippen molar-refractivity contribution in [1.82, 2.24) is 29.3 Å². The van der Waals surface area contributed by atoms with Gasteiger partial charge in [-0.2, -0.15) is 15.1 Å². The lowest BCUT2D eigenvalue weighted by atomic mass is 10.3. The van der Waals surface area contributed by atoms with Gasteiger partial charge in [0.2, 0.25) is 11.9 Å². The van der Waals surface area contributed by atoms with Crippen LogP contribution in [0.2, 0.25) is 0 Å². The number of nitrogens with zero attached hydrogens (tertiary/aromatic N) is 7. The molecule has 1 saturated heterocycles. The number of carbonyl (C=O) groups is 1. The molecule has 4 N–H and O–H groups in total. The van der Waals surface area contributed by atoms with Gasteiger partial charge in [0, 0.05) is 25.7 Å². The minimum absolute atomic E-state index is 0.0307. The number of hydrogen-bond donors (Lipinski definition) is 3. The third kappa shape index (κ3) is 3.36. The summed E-state index contributed by atoms with van der Waals surface area (Å²) in [6.07, 6.45) is 1.82. The zero-order valence-corrected chi connectivity index (χ0v) is 15.8. The zero-order chi connectivity index (χ0) is 19.8. The van der Waals surface area contributed by atoms with E-state index in [9.17, 15) is 9.90 Å². The minimum Gasteiger partial charge on any atom is -0.391 e. The molecule has 4 heterocycles. The highest BCUT2D eigenvalue weighted by Crippen LogP contribution is 2.26. The number of aryl methyl sites for hydroxylation is 2. The van der Waals surface area contributed by atoms with Crippen molar-refractivity contribution in [2.45, 2.75) is 39.5 Å². The molecular weight excluding hydrogens is 362 g/mol. The minimum atomic E-state index is -0.397. The number of nitrogen functional groups attached to an aromatic ring is 1. The summed E-state index contributed by atoms with van der Waals surface area (Å²) in [7, 11) is 0. The summed E-state index contributed by atoms with van der Waals surface area (Å²) in [6, 6.07) is 1.82. The summed E-state index contributed by atoms with van der Waals surface area (Å²) in [4.78, 5) is 27.4. The van der Waals surface area contributed by atoms with Crippen LogP contribution in [0, 0.1) is 6.92 Å². The van der Waals surface area contributed by atoms with Crippen molar-refractivity contribution in [3.8, 4) is 0 Å². The van der Waals surface area contributed by atoms with Gasteiger partial charge >= 0.3 is 0 Å². The van der Waals surface area contributed by atoms with E-state index >= 15 is 0 Å². The van der Waals surface area contributed by atoms with Crippen LogP contribution in [0.3, 0.4) is 0 Å². The SMILES string of the molecule is CCn1nc(C)cc1NC(=O)Cn1cnc2c(N3CCC(O)C3)nc(N)nc21. The predicted octanol–water partition coefficient (Wildman–Crippen LogP) is 0.143. The number of amides is 1. The highest BCUT2D eigenvalue weighted by molar-refractivity contribution is 5.91. The maximum Gasteiger partial charge on any atom is 0.245 e. The normalized spacial score (nSPS) is 16.8. The number of β-amino-alcohol motifs (C(OH)–C–C–N with tert-alkyl or cyclic N) is 1. The third-order valence-electron chi connectivity index (χ3n) is 4.71. The molecule has 1 aliphatic heterocycles. The van der Waals surface area contributed by atoms with Crippen molar-refractivity contribution < 1.29 is 9.90 Å². The number of aromatic nitrogens is 6. The molecule has 148 valence electrons. The van der Waals surface area contributed by atoms with Crippen LogP contribution in [0.15, 0.2) is 12.4 Å². The molecule has 1 fully saturated rings. The fourth-order valence-corrected chi connectivity index (χ4v) is 3.44. The number of rotatable bonds is 5. The predicted molar refractivity (Wildman–Crippen MR) is 104 cm³/mol. The average Bonchev–Trinajstić information content (AvgIpc) is 3.34. The first kappa shape index (κ1) is 18.2. The Hall–Kier alpha value is -3.21.